The van der Waals surface area contributed by atoms with Crippen LogP contribution in [0.4, 0.5) is 0 Å². The second-order valence-electron chi connectivity index (χ2n) is 2.64. The Labute approximate surface area is 107 Å². The molecule has 0 atom stereocenters. The lowest BCUT2D eigenvalue weighted by molar-refractivity contribution is 0.280. The molecule has 1 nitrogen and oxygen atoms in total. The fraction of sp³-hybridized carbons (Fsp3) is 0.111. The van der Waals surface area contributed by atoms with Gasteiger partial charge in [-0.25, -0.2) is 0 Å². The van der Waals surface area contributed by atoms with Crippen molar-refractivity contribution < 1.29 is 5.11 Å². The highest BCUT2D eigenvalue weighted by atomic mass is 127. The van der Waals surface area contributed by atoms with Gasteiger partial charge in [-0.1, -0.05) is 0 Å². The second kappa shape index (κ2) is 4.00. The van der Waals surface area contributed by atoms with Crippen molar-refractivity contribution in [2.24, 2.45) is 0 Å². The van der Waals surface area contributed by atoms with Gasteiger partial charge in [0, 0.05) is 22.8 Å². The van der Waals surface area contributed by atoms with E-state index in [0.29, 0.717) is 0 Å². The van der Waals surface area contributed by atoms with Crippen LogP contribution >= 0.6 is 56.5 Å². The van der Waals surface area contributed by atoms with E-state index in [9.17, 15) is 5.11 Å². The van der Waals surface area contributed by atoms with Crippen molar-refractivity contribution in [1.82, 2.24) is 0 Å². The van der Waals surface area contributed by atoms with Crippen LogP contribution in [-0.2, 0) is 6.61 Å². The highest BCUT2D eigenvalue weighted by Crippen LogP contribution is 2.31. The van der Waals surface area contributed by atoms with Crippen LogP contribution in [0.5, 0.6) is 0 Å². The standard InChI is InChI=1S/C9H6I2OS/c10-7-3-8-5(1-2-13-8)9(11)6(7)4-12/h1-3,12H,4H2. The summed E-state index contributed by atoms with van der Waals surface area (Å²) >= 11 is 6.32. The van der Waals surface area contributed by atoms with Crippen molar-refractivity contribution >= 4 is 66.6 Å². The fourth-order valence-electron chi connectivity index (χ4n) is 1.23. The number of fused-ring (bicyclic) bond motifs is 1. The molecule has 0 fully saturated rings. The molecule has 4 heteroatoms. The minimum atomic E-state index is 0.127. The van der Waals surface area contributed by atoms with Crippen LogP contribution in [0.1, 0.15) is 5.56 Å². The van der Waals surface area contributed by atoms with Crippen molar-refractivity contribution in [3.05, 3.63) is 30.2 Å². The van der Waals surface area contributed by atoms with E-state index in [1.807, 2.05) is 0 Å². The van der Waals surface area contributed by atoms with Crippen LogP contribution in [0.25, 0.3) is 10.1 Å². The Kier molecular flexibility index (Phi) is 3.11. The van der Waals surface area contributed by atoms with Gasteiger partial charge >= 0.3 is 0 Å². The van der Waals surface area contributed by atoms with Gasteiger partial charge < -0.3 is 5.11 Å². The molecule has 0 unspecified atom stereocenters. The number of thiophene rings is 1. The van der Waals surface area contributed by atoms with E-state index in [1.54, 1.807) is 11.3 Å². The Bertz CT molecular complexity index is 450. The quantitative estimate of drug-likeness (QED) is 0.705. The topological polar surface area (TPSA) is 20.2 Å². The zero-order chi connectivity index (χ0) is 9.42. The average Bonchev–Trinajstić information content (AvgIpc) is 2.53. The SMILES string of the molecule is OCc1c(I)cc2sccc2c1I. The van der Waals surface area contributed by atoms with Gasteiger partial charge in [0.2, 0.25) is 0 Å². The van der Waals surface area contributed by atoms with Crippen LogP contribution in [-0.4, -0.2) is 5.11 Å². The minimum Gasteiger partial charge on any atom is -0.392 e. The average molecular weight is 416 g/mol. The van der Waals surface area contributed by atoms with Crippen LogP contribution < -0.4 is 0 Å². The Morgan fingerprint density at radius 3 is 2.85 bits per heavy atom. The zero-order valence-corrected chi connectivity index (χ0v) is 11.7. The Morgan fingerprint density at radius 1 is 1.38 bits per heavy atom. The normalized spacial score (nSPS) is 11.0. The molecule has 0 radical (unpaired) electrons. The molecule has 13 heavy (non-hydrogen) atoms. The predicted molar refractivity (Wildman–Crippen MR) is 73.2 cm³/mol. The summed E-state index contributed by atoms with van der Waals surface area (Å²) < 4.78 is 3.63. The third-order valence-electron chi connectivity index (χ3n) is 1.90. The number of halogens is 2. The monoisotopic (exact) mass is 416 g/mol. The first kappa shape index (κ1) is 10.1. The van der Waals surface area contributed by atoms with E-state index in [1.165, 1.54) is 13.7 Å². The number of hydrogen-bond acceptors (Lipinski definition) is 2. The summed E-state index contributed by atoms with van der Waals surface area (Å²) in [7, 11) is 0. The van der Waals surface area contributed by atoms with Gasteiger partial charge in [-0.3, -0.25) is 0 Å². The summed E-state index contributed by atoms with van der Waals surface area (Å²) in [4.78, 5) is 0. The molecule has 0 aliphatic heterocycles. The first-order valence-electron chi connectivity index (χ1n) is 3.69. The molecule has 1 aromatic heterocycles. The van der Waals surface area contributed by atoms with Gasteiger partial charge in [-0.2, -0.15) is 0 Å². The van der Waals surface area contributed by atoms with E-state index in [4.69, 9.17) is 0 Å². The van der Waals surface area contributed by atoms with E-state index >= 15 is 0 Å². The van der Waals surface area contributed by atoms with Gasteiger partial charge in [-0.05, 0) is 62.7 Å². The van der Waals surface area contributed by atoms with Crippen molar-refractivity contribution in [2.45, 2.75) is 6.61 Å². The molecular formula is C9H6I2OS. The van der Waals surface area contributed by atoms with E-state index in [2.05, 4.69) is 62.7 Å². The maximum absolute atomic E-state index is 9.19. The number of benzene rings is 1. The van der Waals surface area contributed by atoms with Gasteiger partial charge in [-0.15, -0.1) is 11.3 Å². The predicted octanol–water partition coefficient (Wildman–Crippen LogP) is 3.60. The van der Waals surface area contributed by atoms with Crippen molar-refractivity contribution in [3.8, 4) is 0 Å². The van der Waals surface area contributed by atoms with Crippen molar-refractivity contribution in [2.75, 3.05) is 0 Å². The highest BCUT2D eigenvalue weighted by Gasteiger charge is 2.09. The maximum Gasteiger partial charge on any atom is 0.0702 e. The molecule has 0 spiro atoms. The molecule has 0 bridgehead atoms. The zero-order valence-electron chi connectivity index (χ0n) is 6.55. The molecule has 1 heterocycles. The molecule has 2 rings (SSSR count). The molecule has 0 saturated carbocycles. The number of rotatable bonds is 1. The van der Waals surface area contributed by atoms with Gasteiger partial charge in [0.05, 0.1) is 6.61 Å². The smallest absolute Gasteiger partial charge is 0.0702 e. The Balaban J connectivity index is 2.85. The fourth-order valence-corrected chi connectivity index (χ4v) is 4.66. The van der Waals surface area contributed by atoms with E-state index in [0.717, 1.165) is 9.13 Å². The van der Waals surface area contributed by atoms with Gasteiger partial charge in [0.1, 0.15) is 0 Å². The molecule has 0 aliphatic carbocycles. The van der Waals surface area contributed by atoms with E-state index in [-0.39, 0.29) is 6.61 Å². The maximum atomic E-state index is 9.19. The summed E-state index contributed by atoms with van der Waals surface area (Å²) in [5, 5.41) is 12.5. The van der Waals surface area contributed by atoms with Gasteiger partial charge in [0.25, 0.3) is 0 Å². The first-order chi connectivity index (χ1) is 6.24. The number of hydrogen-bond donors (Lipinski definition) is 1. The van der Waals surface area contributed by atoms with Crippen LogP contribution in [0.2, 0.25) is 0 Å². The van der Waals surface area contributed by atoms with Gasteiger partial charge in [0.15, 0.2) is 0 Å². The summed E-state index contributed by atoms with van der Waals surface area (Å²) in [6.07, 6.45) is 0. The lowest BCUT2D eigenvalue weighted by Gasteiger charge is -2.05. The number of aliphatic hydroxyl groups excluding tert-OH is 1. The summed E-state index contributed by atoms with van der Waals surface area (Å²) in [5.41, 5.74) is 1.05. The molecule has 0 amide bonds. The van der Waals surface area contributed by atoms with Crippen molar-refractivity contribution in [1.29, 1.82) is 0 Å². The molecule has 1 aromatic carbocycles. The Morgan fingerprint density at radius 2 is 2.15 bits per heavy atom. The third-order valence-corrected chi connectivity index (χ3v) is 4.96. The van der Waals surface area contributed by atoms with Crippen molar-refractivity contribution in [3.63, 3.8) is 0 Å². The minimum absolute atomic E-state index is 0.127. The lowest BCUT2D eigenvalue weighted by Crippen LogP contribution is -1.92. The largest absolute Gasteiger partial charge is 0.392 e. The summed E-state index contributed by atoms with van der Waals surface area (Å²) in [5.74, 6) is 0. The number of aliphatic hydroxyl groups is 1. The van der Waals surface area contributed by atoms with Crippen LogP contribution in [0.3, 0.4) is 0 Å². The molecule has 68 valence electrons. The first-order valence-corrected chi connectivity index (χ1v) is 6.72. The van der Waals surface area contributed by atoms with E-state index < -0.39 is 0 Å². The second-order valence-corrected chi connectivity index (χ2v) is 5.83. The van der Waals surface area contributed by atoms with Crippen LogP contribution in [0.15, 0.2) is 17.5 Å². The third kappa shape index (κ3) is 1.73. The Hall–Kier alpha value is 0.600. The molecule has 2 aromatic rings. The lowest BCUT2D eigenvalue weighted by atomic mass is 10.2. The molecule has 0 saturated heterocycles. The summed E-state index contributed by atoms with van der Waals surface area (Å²) in [6, 6.07) is 4.24. The summed E-state index contributed by atoms with van der Waals surface area (Å²) in [6.45, 7) is 0.127. The molecule has 1 N–H and O–H groups in total. The highest BCUT2D eigenvalue weighted by molar-refractivity contribution is 14.1. The molecule has 0 aliphatic rings. The van der Waals surface area contributed by atoms with Crippen LogP contribution in [0, 0.1) is 7.14 Å². The molecular weight excluding hydrogens is 410 g/mol.